The van der Waals surface area contributed by atoms with Crippen LogP contribution in [-0.2, 0) is 4.79 Å². The van der Waals surface area contributed by atoms with Gasteiger partial charge in [0.1, 0.15) is 0 Å². The molecule has 0 aliphatic carbocycles. The summed E-state index contributed by atoms with van der Waals surface area (Å²) in [7, 11) is 0. The van der Waals surface area contributed by atoms with Crippen molar-refractivity contribution in [2.45, 2.75) is 19.8 Å². The summed E-state index contributed by atoms with van der Waals surface area (Å²) >= 11 is 0. The van der Waals surface area contributed by atoms with Gasteiger partial charge in [-0.05, 0) is 29.7 Å². The van der Waals surface area contributed by atoms with Gasteiger partial charge in [0, 0.05) is 18.2 Å². The molecule has 5 nitrogen and oxygen atoms in total. The number of rotatable bonds is 5. The number of nitro groups is 1. The maximum atomic E-state index is 10.6. The molecular formula is C12H13NO4. The number of aliphatic carboxylic acids is 1. The summed E-state index contributed by atoms with van der Waals surface area (Å²) in [5, 5.41) is 19.2. The zero-order chi connectivity index (χ0) is 12.8. The van der Waals surface area contributed by atoms with Crippen LogP contribution in [-0.4, -0.2) is 16.0 Å². The van der Waals surface area contributed by atoms with Crippen molar-refractivity contribution in [3.63, 3.8) is 0 Å². The molecule has 0 saturated carbocycles. The fourth-order valence-corrected chi connectivity index (χ4v) is 1.52. The van der Waals surface area contributed by atoms with Crippen LogP contribution in [0.1, 0.15) is 25.3 Å². The van der Waals surface area contributed by atoms with E-state index in [1.54, 1.807) is 12.1 Å². The maximum Gasteiger partial charge on any atom is 0.328 e. The Kier molecular flexibility index (Phi) is 4.39. The lowest BCUT2D eigenvalue weighted by Crippen LogP contribution is -1.94. The molecule has 0 saturated heterocycles. The molecule has 0 aromatic heterocycles. The zero-order valence-corrected chi connectivity index (χ0v) is 9.42. The predicted octanol–water partition coefficient (Wildman–Crippen LogP) is 2.86. The second-order valence-electron chi connectivity index (χ2n) is 3.56. The van der Waals surface area contributed by atoms with Crippen molar-refractivity contribution in [3.8, 4) is 0 Å². The van der Waals surface area contributed by atoms with E-state index in [0.29, 0.717) is 17.6 Å². The number of nitro benzene ring substituents is 1. The van der Waals surface area contributed by atoms with Gasteiger partial charge in [-0.15, -0.1) is 0 Å². The Hall–Kier alpha value is -2.17. The highest BCUT2D eigenvalue weighted by Gasteiger charge is 2.07. The van der Waals surface area contributed by atoms with E-state index < -0.39 is 10.9 Å². The van der Waals surface area contributed by atoms with Crippen LogP contribution in [0.5, 0.6) is 0 Å². The molecule has 90 valence electrons. The summed E-state index contributed by atoms with van der Waals surface area (Å²) in [6.07, 6.45) is 2.59. The van der Waals surface area contributed by atoms with E-state index in [1.165, 1.54) is 12.1 Å². The van der Waals surface area contributed by atoms with Gasteiger partial charge in [-0.1, -0.05) is 13.3 Å². The molecule has 5 heteroatoms. The molecule has 0 fully saturated rings. The van der Waals surface area contributed by atoms with E-state index in [9.17, 15) is 14.9 Å². The lowest BCUT2D eigenvalue weighted by atomic mass is 10.0. The van der Waals surface area contributed by atoms with E-state index >= 15 is 0 Å². The van der Waals surface area contributed by atoms with Crippen molar-refractivity contribution in [3.05, 3.63) is 46.0 Å². The lowest BCUT2D eigenvalue weighted by molar-refractivity contribution is -0.384. The first-order valence-electron chi connectivity index (χ1n) is 5.23. The van der Waals surface area contributed by atoms with Crippen LogP contribution in [0.3, 0.4) is 0 Å². The first kappa shape index (κ1) is 12.9. The van der Waals surface area contributed by atoms with Crippen LogP contribution >= 0.6 is 0 Å². The van der Waals surface area contributed by atoms with Gasteiger partial charge < -0.3 is 5.11 Å². The van der Waals surface area contributed by atoms with Crippen molar-refractivity contribution in [2.24, 2.45) is 0 Å². The number of allylic oxidation sites excluding steroid dienone is 1. The molecule has 0 heterocycles. The highest BCUT2D eigenvalue weighted by atomic mass is 16.6. The minimum absolute atomic E-state index is 0.0000709. The zero-order valence-electron chi connectivity index (χ0n) is 9.42. The summed E-state index contributed by atoms with van der Waals surface area (Å²) in [5.74, 6) is -1.01. The maximum absolute atomic E-state index is 10.6. The van der Waals surface area contributed by atoms with Crippen molar-refractivity contribution in [1.29, 1.82) is 0 Å². The highest BCUT2D eigenvalue weighted by molar-refractivity contribution is 5.90. The Morgan fingerprint density at radius 3 is 2.41 bits per heavy atom. The first-order valence-corrected chi connectivity index (χ1v) is 5.23. The highest BCUT2D eigenvalue weighted by Crippen LogP contribution is 2.22. The molecule has 1 N–H and O–H groups in total. The summed E-state index contributed by atoms with van der Waals surface area (Å²) in [5.41, 5.74) is 1.38. The van der Waals surface area contributed by atoms with Gasteiger partial charge in [0.15, 0.2) is 0 Å². The van der Waals surface area contributed by atoms with E-state index in [0.717, 1.165) is 12.5 Å². The Morgan fingerprint density at radius 2 is 2.00 bits per heavy atom. The standard InChI is InChI=1S/C12H13NO4/c1-2-3-10(8-12(14)15)9-4-6-11(7-5-9)13(16)17/h4-8H,2-3H2,1H3,(H,14,15)/b10-8+. The third-order valence-electron chi connectivity index (χ3n) is 2.27. The average Bonchev–Trinajstić information content (AvgIpc) is 2.28. The van der Waals surface area contributed by atoms with Crippen LogP contribution in [0.15, 0.2) is 30.3 Å². The second-order valence-corrected chi connectivity index (χ2v) is 3.56. The average molecular weight is 235 g/mol. The fourth-order valence-electron chi connectivity index (χ4n) is 1.52. The smallest absolute Gasteiger partial charge is 0.328 e. The summed E-state index contributed by atoms with van der Waals surface area (Å²) < 4.78 is 0. The molecule has 0 bridgehead atoms. The quantitative estimate of drug-likeness (QED) is 0.483. The Balaban J connectivity index is 3.03. The fraction of sp³-hybridized carbons (Fsp3) is 0.250. The molecule has 0 unspecified atom stereocenters. The molecule has 1 aromatic rings. The number of carboxylic acids is 1. The van der Waals surface area contributed by atoms with Crippen molar-refractivity contribution in [1.82, 2.24) is 0 Å². The van der Waals surface area contributed by atoms with Crippen LogP contribution in [0.25, 0.3) is 5.57 Å². The summed E-state index contributed by atoms with van der Waals surface area (Å²) in [6, 6.07) is 5.90. The van der Waals surface area contributed by atoms with Gasteiger partial charge in [-0.3, -0.25) is 10.1 Å². The van der Waals surface area contributed by atoms with Crippen LogP contribution in [0.2, 0.25) is 0 Å². The van der Waals surface area contributed by atoms with Crippen LogP contribution in [0.4, 0.5) is 5.69 Å². The molecule has 17 heavy (non-hydrogen) atoms. The van der Waals surface area contributed by atoms with E-state index in [-0.39, 0.29) is 5.69 Å². The number of benzene rings is 1. The molecule has 0 atom stereocenters. The largest absolute Gasteiger partial charge is 0.478 e. The minimum Gasteiger partial charge on any atom is -0.478 e. The van der Waals surface area contributed by atoms with E-state index in [4.69, 9.17) is 5.11 Å². The lowest BCUT2D eigenvalue weighted by Gasteiger charge is -2.05. The predicted molar refractivity (Wildman–Crippen MR) is 63.6 cm³/mol. The Morgan fingerprint density at radius 1 is 1.41 bits per heavy atom. The van der Waals surface area contributed by atoms with Gasteiger partial charge >= 0.3 is 5.97 Å². The van der Waals surface area contributed by atoms with Gasteiger partial charge in [0.2, 0.25) is 0 Å². The van der Waals surface area contributed by atoms with Gasteiger partial charge in [-0.2, -0.15) is 0 Å². The monoisotopic (exact) mass is 235 g/mol. The molecule has 0 aliphatic heterocycles. The SMILES string of the molecule is CCC/C(=C\C(=O)O)c1ccc([N+](=O)[O-])cc1. The third kappa shape index (κ3) is 3.71. The third-order valence-corrected chi connectivity index (χ3v) is 2.27. The number of hydrogen-bond acceptors (Lipinski definition) is 3. The Bertz CT molecular complexity index is 448. The molecule has 0 spiro atoms. The molecule has 0 amide bonds. The molecule has 1 aromatic carbocycles. The van der Waals surface area contributed by atoms with Crippen molar-refractivity contribution >= 4 is 17.2 Å². The van der Waals surface area contributed by atoms with Gasteiger partial charge in [0.05, 0.1) is 4.92 Å². The number of hydrogen-bond donors (Lipinski definition) is 1. The van der Waals surface area contributed by atoms with E-state index in [2.05, 4.69) is 0 Å². The minimum atomic E-state index is -1.01. The number of carboxylic acid groups (broad SMARTS) is 1. The van der Waals surface area contributed by atoms with Gasteiger partial charge in [0.25, 0.3) is 5.69 Å². The van der Waals surface area contributed by atoms with Crippen LogP contribution in [0, 0.1) is 10.1 Å². The normalized spacial score (nSPS) is 11.2. The molecule has 0 radical (unpaired) electrons. The molecule has 0 aliphatic rings. The number of non-ortho nitro benzene ring substituents is 1. The number of nitrogens with zero attached hydrogens (tertiary/aromatic N) is 1. The molecule has 1 rings (SSSR count). The molecular weight excluding hydrogens is 222 g/mol. The summed E-state index contributed by atoms with van der Waals surface area (Å²) in [6.45, 7) is 1.95. The summed E-state index contributed by atoms with van der Waals surface area (Å²) in [4.78, 5) is 20.6. The van der Waals surface area contributed by atoms with Crippen molar-refractivity contribution in [2.75, 3.05) is 0 Å². The topological polar surface area (TPSA) is 80.4 Å². The number of carbonyl (C=O) groups is 1. The second kappa shape index (κ2) is 5.79. The van der Waals surface area contributed by atoms with E-state index in [1.807, 2.05) is 6.92 Å². The Labute approximate surface area is 98.5 Å². The van der Waals surface area contributed by atoms with Gasteiger partial charge in [-0.25, -0.2) is 4.79 Å². The van der Waals surface area contributed by atoms with Crippen molar-refractivity contribution < 1.29 is 14.8 Å². The van der Waals surface area contributed by atoms with Crippen LogP contribution < -0.4 is 0 Å². The first-order chi connectivity index (χ1) is 8.04.